The molecule has 3 heteroatoms. The molecule has 0 aliphatic rings. The summed E-state index contributed by atoms with van der Waals surface area (Å²) >= 11 is 5.94. The highest BCUT2D eigenvalue weighted by Gasteiger charge is 2.03. The lowest BCUT2D eigenvalue weighted by atomic mass is 10.1. The van der Waals surface area contributed by atoms with Crippen LogP contribution in [0.1, 0.15) is 12.0 Å². The molecule has 2 nitrogen and oxygen atoms in total. The molecule has 0 aromatic heterocycles. The van der Waals surface area contributed by atoms with Crippen molar-refractivity contribution in [3.05, 3.63) is 34.9 Å². The van der Waals surface area contributed by atoms with Crippen molar-refractivity contribution in [2.45, 2.75) is 18.9 Å². The number of hydrogen-bond acceptors (Lipinski definition) is 2. The number of rotatable bonds is 4. The van der Waals surface area contributed by atoms with Crippen molar-refractivity contribution in [1.29, 1.82) is 0 Å². The summed E-state index contributed by atoms with van der Waals surface area (Å²) in [6.45, 7) is 0.310. The summed E-state index contributed by atoms with van der Waals surface area (Å²) in [7, 11) is 0. The fourth-order valence-electron chi connectivity index (χ4n) is 1.14. The lowest BCUT2D eigenvalue weighted by Crippen LogP contribution is -2.20. The molecule has 0 aliphatic carbocycles. The molecule has 1 aromatic rings. The molecule has 0 heterocycles. The van der Waals surface area contributed by atoms with Gasteiger partial charge < -0.3 is 10.8 Å². The Kier molecular flexibility index (Phi) is 4.22. The van der Waals surface area contributed by atoms with E-state index in [1.165, 1.54) is 0 Å². The summed E-state index contributed by atoms with van der Waals surface area (Å²) in [4.78, 5) is 0. The first kappa shape index (κ1) is 10.5. The number of aryl methyl sites for hydroxylation is 1. The third-order valence-electron chi connectivity index (χ3n) is 1.98. The molecule has 1 aromatic carbocycles. The lowest BCUT2D eigenvalue weighted by molar-refractivity contribution is 0.173. The molecule has 0 saturated carbocycles. The summed E-state index contributed by atoms with van der Waals surface area (Å²) in [5, 5.41) is 10.00. The maximum absolute atomic E-state index is 9.24. The van der Waals surface area contributed by atoms with Crippen LogP contribution in [0.5, 0.6) is 0 Å². The van der Waals surface area contributed by atoms with Gasteiger partial charge in [0.15, 0.2) is 0 Å². The maximum Gasteiger partial charge on any atom is 0.0665 e. The van der Waals surface area contributed by atoms with E-state index in [4.69, 9.17) is 17.3 Å². The predicted molar refractivity (Wildman–Crippen MR) is 54.8 cm³/mol. The van der Waals surface area contributed by atoms with Gasteiger partial charge in [-0.1, -0.05) is 29.8 Å². The Hall–Kier alpha value is -0.570. The van der Waals surface area contributed by atoms with Crippen LogP contribution in [0.25, 0.3) is 0 Å². The van der Waals surface area contributed by atoms with E-state index in [1.54, 1.807) is 0 Å². The van der Waals surface area contributed by atoms with Gasteiger partial charge in [0.05, 0.1) is 6.10 Å². The topological polar surface area (TPSA) is 46.2 Å². The first-order chi connectivity index (χ1) is 6.24. The van der Waals surface area contributed by atoms with E-state index in [0.29, 0.717) is 13.0 Å². The molecule has 0 fully saturated rings. The zero-order chi connectivity index (χ0) is 9.68. The van der Waals surface area contributed by atoms with Crippen molar-refractivity contribution < 1.29 is 5.11 Å². The van der Waals surface area contributed by atoms with Crippen molar-refractivity contribution in [1.82, 2.24) is 0 Å². The Morgan fingerprint density at radius 1 is 1.38 bits per heavy atom. The number of hydrogen-bond donors (Lipinski definition) is 2. The Bertz CT molecular complexity index is 265. The molecule has 0 bridgehead atoms. The highest BCUT2D eigenvalue weighted by Crippen LogP contribution is 2.16. The minimum atomic E-state index is -0.420. The molecule has 72 valence electrons. The number of aliphatic hydroxyl groups is 1. The van der Waals surface area contributed by atoms with E-state index in [1.807, 2.05) is 24.3 Å². The Morgan fingerprint density at radius 3 is 2.69 bits per heavy atom. The summed E-state index contributed by atoms with van der Waals surface area (Å²) in [5.41, 5.74) is 6.36. The minimum absolute atomic E-state index is 0.310. The van der Waals surface area contributed by atoms with Gasteiger partial charge in [0.1, 0.15) is 0 Å². The standard InChI is InChI=1S/C10H14ClNO/c11-10-4-2-1-3-8(10)5-6-9(13)7-12/h1-4,9,13H,5-7,12H2. The Labute approximate surface area is 83.3 Å². The predicted octanol–water partition coefficient (Wildman–Crippen LogP) is 1.59. The van der Waals surface area contributed by atoms with Crippen molar-refractivity contribution in [3.8, 4) is 0 Å². The summed E-state index contributed by atoms with van der Waals surface area (Å²) in [6, 6.07) is 7.65. The summed E-state index contributed by atoms with van der Waals surface area (Å²) < 4.78 is 0. The monoisotopic (exact) mass is 199 g/mol. The van der Waals surface area contributed by atoms with Gasteiger partial charge in [0.25, 0.3) is 0 Å². The van der Waals surface area contributed by atoms with E-state index in [9.17, 15) is 5.11 Å². The van der Waals surface area contributed by atoms with Gasteiger partial charge in [0, 0.05) is 11.6 Å². The molecule has 0 spiro atoms. The highest BCUT2D eigenvalue weighted by atomic mass is 35.5. The molecule has 3 N–H and O–H groups in total. The quantitative estimate of drug-likeness (QED) is 0.774. The molecule has 1 atom stereocenters. The maximum atomic E-state index is 9.24. The smallest absolute Gasteiger partial charge is 0.0665 e. The highest BCUT2D eigenvalue weighted by molar-refractivity contribution is 6.31. The van der Waals surface area contributed by atoms with Crippen LogP contribution in [0.4, 0.5) is 0 Å². The van der Waals surface area contributed by atoms with Crippen LogP contribution >= 0.6 is 11.6 Å². The largest absolute Gasteiger partial charge is 0.392 e. The third-order valence-corrected chi connectivity index (χ3v) is 2.35. The van der Waals surface area contributed by atoms with Crippen molar-refractivity contribution >= 4 is 11.6 Å². The molecule has 0 radical (unpaired) electrons. The Balaban J connectivity index is 2.50. The molecular weight excluding hydrogens is 186 g/mol. The third kappa shape index (κ3) is 3.35. The average Bonchev–Trinajstić information content (AvgIpc) is 2.16. The van der Waals surface area contributed by atoms with Crippen LogP contribution in [0.2, 0.25) is 5.02 Å². The molecule has 1 rings (SSSR count). The van der Waals surface area contributed by atoms with E-state index in [0.717, 1.165) is 17.0 Å². The zero-order valence-corrected chi connectivity index (χ0v) is 8.17. The molecule has 0 aliphatic heterocycles. The lowest BCUT2D eigenvalue weighted by Gasteiger charge is -2.07. The summed E-state index contributed by atoms with van der Waals surface area (Å²) in [5.74, 6) is 0. The van der Waals surface area contributed by atoms with Crippen molar-refractivity contribution in [3.63, 3.8) is 0 Å². The van der Waals surface area contributed by atoms with Crippen LogP contribution in [0, 0.1) is 0 Å². The molecule has 0 saturated heterocycles. The number of nitrogens with two attached hydrogens (primary N) is 1. The van der Waals surface area contributed by atoms with Crippen molar-refractivity contribution in [2.75, 3.05) is 6.54 Å². The first-order valence-corrected chi connectivity index (χ1v) is 4.73. The van der Waals surface area contributed by atoms with Gasteiger partial charge in [-0.05, 0) is 24.5 Å². The second kappa shape index (κ2) is 5.22. The second-order valence-corrected chi connectivity index (χ2v) is 3.43. The molecule has 1 unspecified atom stereocenters. The van der Waals surface area contributed by atoms with Crippen LogP contribution in [-0.4, -0.2) is 17.8 Å². The fraction of sp³-hybridized carbons (Fsp3) is 0.400. The zero-order valence-electron chi connectivity index (χ0n) is 7.41. The number of halogens is 1. The van der Waals surface area contributed by atoms with Crippen molar-refractivity contribution in [2.24, 2.45) is 5.73 Å². The minimum Gasteiger partial charge on any atom is -0.392 e. The van der Waals surface area contributed by atoms with Crippen LogP contribution in [0.3, 0.4) is 0 Å². The van der Waals surface area contributed by atoms with E-state index in [2.05, 4.69) is 0 Å². The van der Waals surface area contributed by atoms with Gasteiger partial charge >= 0.3 is 0 Å². The molecular formula is C10H14ClNO. The SMILES string of the molecule is NCC(O)CCc1ccccc1Cl. The van der Waals surface area contributed by atoms with E-state index >= 15 is 0 Å². The van der Waals surface area contributed by atoms with E-state index in [-0.39, 0.29) is 0 Å². The molecule has 13 heavy (non-hydrogen) atoms. The van der Waals surface area contributed by atoms with Gasteiger partial charge in [-0.25, -0.2) is 0 Å². The van der Waals surface area contributed by atoms with Crippen LogP contribution in [0.15, 0.2) is 24.3 Å². The van der Waals surface area contributed by atoms with Gasteiger partial charge in [0.2, 0.25) is 0 Å². The van der Waals surface area contributed by atoms with E-state index < -0.39 is 6.10 Å². The van der Waals surface area contributed by atoms with Gasteiger partial charge in [-0.3, -0.25) is 0 Å². The van der Waals surface area contributed by atoms with Gasteiger partial charge in [-0.2, -0.15) is 0 Å². The van der Waals surface area contributed by atoms with Crippen LogP contribution in [-0.2, 0) is 6.42 Å². The molecule has 0 amide bonds. The average molecular weight is 200 g/mol. The summed E-state index contributed by atoms with van der Waals surface area (Å²) in [6.07, 6.45) is 1.02. The number of aliphatic hydroxyl groups excluding tert-OH is 1. The Morgan fingerprint density at radius 2 is 2.08 bits per heavy atom. The normalized spacial score (nSPS) is 12.8. The van der Waals surface area contributed by atoms with Gasteiger partial charge in [-0.15, -0.1) is 0 Å². The van der Waals surface area contributed by atoms with Crippen LogP contribution < -0.4 is 5.73 Å². The number of benzene rings is 1. The fourth-order valence-corrected chi connectivity index (χ4v) is 1.37. The first-order valence-electron chi connectivity index (χ1n) is 4.35. The second-order valence-electron chi connectivity index (χ2n) is 3.02.